The number of aliphatic hydroxyl groups excluding tert-OH is 1. The van der Waals surface area contributed by atoms with E-state index in [0.717, 1.165) is 0 Å². The lowest BCUT2D eigenvalue weighted by Crippen LogP contribution is -2.30. The van der Waals surface area contributed by atoms with Crippen LogP contribution in [0.3, 0.4) is 0 Å². The predicted molar refractivity (Wildman–Crippen MR) is 73.1 cm³/mol. The van der Waals surface area contributed by atoms with Crippen LogP contribution >= 0.6 is 7.82 Å². The first-order valence-electron chi connectivity index (χ1n) is 6.58. The number of H-pyrrole nitrogens is 1. The van der Waals surface area contributed by atoms with Gasteiger partial charge in [-0.25, -0.2) is 9.55 Å². The van der Waals surface area contributed by atoms with Crippen molar-refractivity contribution < 1.29 is 28.3 Å². The molecule has 5 atom stereocenters. The highest BCUT2D eigenvalue weighted by Gasteiger charge is 2.57. The van der Waals surface area contributed by atoms with Crippen molar-refractivity contribution in [2.45, 2.75) is 24.5 Å². The Kier molecular flexibility index (Phi) is 3.10. The maximum atomic E-state index is 11.8. The molecule has 0 amide bonds. The van der Waals surface area contributed by atoms with Gasteiger partial charge in [0.25, 0.3) is 5.56 Å². The molecule has 23 heavy (non-hydrogen) atoms. The summed E-state index contributed by atoms with van der Waals surface area (Å²) in [7, 11) is -4.23. The van der Waals surface area contributed by atoms with Crippen LogP contribution in [0.1, 0.15) is 6.23 Å². The third-order valence-electron chi connectivity index (χ3n) is 3.70. The summed E-state index contributed by atoms with van der Waals surface area (Å²) in [5, 5.41) is 9.35. The molecule has 124 valence electrons. The number of rotatable bonds is 2. The maximum absolute atomic E-state index is 11.8. The van der Waals surface area contributed by atoms with Gasteiger partial charge in [-0.3, -0.25) is 23.4 Å². The Bertz CT molecular complexity index is 880. The average molecular weight is 345 g/mol. The summed E-state index contributed by atoms with van der Waals surface area (Å²) in [5.41, 5.74) is 5.14. The molecule has 0 spiro atoms. The van der Waals surface area contributed by atoms with E-state index in [1.54, 1.807) is 0 Å². The third-order valence-corrected chi connectivity index (χ3v) is 4.72. The molecule has 0 radical (unpaired) electrons. The molecule has 0 aliphatic carbocycles. The second-order valence-electron chi connectivity index (χ2n) is 5.13. The number of hydrogen-bond acceptors (Lipinski definition) is 9. The van der Waals surface area contributed by atoms with Gasteiger partial charge in [0, 0.05) is 0 Å². The fourth-order valence-electron chi connectivity index (χ4n) is 2.78. The molecule has 2 aliphatic rings. The molecule has 0 aromatic carbocycles. The van der Waals surface area contributed by atoms with Crippen molar-refractivity contribution in [3.8, 4) is 0 Å². The lowest BCUT2D eigenvalue weighted by atomic mass is 10.1. The van der Waals surface area contributed by atoms with Crippen LogP contribution in [0.25, 0.3) is 11.2 Å². The molecular formula is C10H12N5O7P. The van der Waals surface area contributed by atoms with Gasteiger partial charge in [-0.1, -0.05) is 0 Å². The van der Waals surface area contributed by atoms with Crippen molar-refractivity contribution in [2.75, 3.05) is 12.3 Å². The zero-order valence-corrected chi connectivity index (χ0v) is 12.3. The number of nitrogens with two attached hydrogens (primary N) is 1. The van der Waals surface area contributed by atoms with Crippen molar-refractivity contribution in [3.63, 3.8) is 0 Å². The Labute approximate surface area is 127 Å². The zero-order chi connectivity index (χ0) is 16.4. The van der Waals surface area contributed by atoms with E-state index in [2.05, 4.69) is 15.0 Å². The Morgan fingerprint density at radius 2 is 2.17 bits per heavy atom. The molecule has 2 fully saturated rings. The number of anilines is 1. The van der Waals surface area contributed by atoms with Gasteiger partial charge in [0.2, 0.25) is 5.95 Å². The number of nitrogen functional groups attached to an aromatic ring is 1. The van der Waals surface area contributed by atoms with Crippen LogP contribution in [0.2, 0.25) is 0 Å². The van der Waals surface area contributed by atoms with Crippen molar-refractivity contribution in [3.05, 3.63) is 16.7 Å². The molecule has 12 nitrogen and oxygen atoms in total. The fourth-order valence-corrected chi connectivity index (χ4v) is 3.92. The first kappa shape index (κ1) is 14.8. The van der Waals surface area contributed by atoms with Gasteiger partial charge in [-0.05, 0) is 0 Å². The largest absolute Gasteiger partial charge is 0.473 e. The fraction of sp³-hybridized carbons (Fsp3) is 0.500. The number of hydrogen-bond donors (Lipinski definition) is 4. The minimum Gasteiger partial charge on any atom is -0.394 e. The number of aromatic nitrogens is 4. The van der Waals surface area contributed by atoms with E-state index in [-0.39, 0.29) is 17.1 Å². The summed E-state index contributed by atoms with van der Waals surface area (Å²) in [4.78, 5) is 31.5. The number of fused-ring (bicyclic) bond motifs is 2. The number of aliphatic hydroxyl groups is 1. The van der Waals surface area contributed by atoms with E-state index < -0.39 is 44.5 Å². The molecule has 0 bridgehead atoms. The van der Waals surface area contributed by atoms with E-state index in [1.807, 2.05) is 0 Å². The molecule has 0 saturated carbocycles. The van der Waals surface area contributed by atoms with Crippen molar-refractivity contribution >= 4 is 24.9 Å². The van der Waals surface area contributed by atoms with Gasteiger partial charge in [-0.15, -0.1) is 0 Å². The number of aromatic amines is 1. The Morgan fingerprint density at radius 3 is 2.91 bits per heavy atom. The molecule has 2 aromatic heterocycles. The molecular weight excluding hydrogens is 333 g/mol. The van der Waals surface area contributed by atoms with Crippen LogP contribution in [-0.2, 0) is 18.3 Å². The second kappa shape index (κ2) is 4.84. The Balaban J connectivity index is 1.82. The second-order valence-corrected chi connectivity index (χ2v) is 6.49. The summed E-state index contributed by atoms with van der Waals surface area (Å²) in [5.74, 6) is -0.117. The highest BCUT2D eigenvalue weighted by Crippen LogP contribution is 2.58. The average Bonchev–Trinajstić information content (AvgIpc) is 3.09. The SMILES string of the molecule is Nc1nc2c(ncn2[C@@H]2O[C@H](CO)[C@H]3OP(=O)(O)O[C@H]32)c(=O)[nH]1. The van der Waals surface area contributed by atoms with Crippen LogP contribution in [-0.4, -0.2) is 54.4 Å². The number of nitrogens with zero attached hydrogens (tertiary/aromatic N) is 3. The number of imidazole rings is 1. The van der Waals surface area contributed by atoms with Crippen LogP contribution in [0.5, 0.6) is 0 Å². The summed E-state index contributed by atoms with van der Waals surface area (Å²) in [6.07, 6.45) is -2.46. The van der Waals surface area contributed by atoms with Crippen LogP contribution in [0.4, 0.5) is 5.95 Å². The Morgan fingerprint density at radius 1 is 1.43 bits per heavy atom. The van der Waals surface area contributed by atoms with Gasteiger partial charge in [-0.2, -0.15) is 4.98 Å². The molecule has 4 rings (SSSR count). The van der Waals surface area contributed by atoms with Gasteiger partial charge >= 0.3 is 7.82 Å². The van der Waals surface area contributed by atoms with E-state index in [0.29, 0.717) is 0 Å². The van der Waals surface area contributed by atoms with Crippen molar-refractivity contribution in [1.82, 2.24) is 19.5 Å². The lowest BCUT2D eigenvalue weighted by molar-refractivity contribution is -0.0589. The number of phosphoric ester groups is 1. The van der Waals surface area contributed by atoms with E-state index in [9.17, 15) is 19.4 Å². The van der Waals surface area contributed by atoms with Crippen LogP contribution < -0.4 is 11.3 Å². The number of ether oxygens (including phenoxy) is 1. The summed E-state index contributed by atoms with van der Waals surface area (Å²) >= 11 is 0. The van der Waals surface area contributed by atoms with Gasteiger partial charge in [0.1, 0.15) is 18.3 Å². The van der Waals surface area contributed by atoms with Crippen LogP contribution in [0, 0.1) is 0 Å². The van der Waals surface area contributed by atoms with Gasteiger partial charge in [0.05, 0.1) is 12.9 Å². The zero-order valence-electron chi connectivity index (χ0n) is 11.4. The van der Waals surface area contributed by atoms with E-state index in [1.165, 1.54) is 10.9 Å². The van der Waals surface area contributed by atoms with Gasteiger partial charge in [0.15, 0.2) is 17.4 Å². The topological polar surface area (TPSA) is 175 Å². The first-order chi connectivity index (χ1) is 10.9. The monoisotopic (exact) mass is 345 g/mol. The lowest BCUT2D eigenvalue weighted by Gasteiger charge is -2.18. The van der Waals surface area contributed by atoms with E-state index >= 15 is 0 Å². The minimum absolute atomic E-state index is 0.0258. The predicted octanol–water partition coefficient (Wildman–Crippen LogP) is -1.52. The summed E-state index contributed by atoms with van der Waals surface area (Å²) in [6.45, 7) is -0.441. The van der Waals surface area contributed by atoms with Gasteiger partial charge < -0.3 is 20.5 Å². The first-order valence-corrected chi connectivity index (χ1v) is 8.07. The quantitative estimate of drug-likeness (QED) is 0.467. The molecule has 5 N–H and O–H groups in total. The van der Waals surface area contributed by atoms with E-state index in [4.69, 9.17) is 19.5 Å². The Hall–Kier alpha value is -1.82. The summed E-state index contributed by atoms with van der Waals surface area (Å²) < 4.78 is 28.5. The third kappa shape index (κ3) is 2.19. The number of nitrogens with one attached hydrogen (secondary N) is 1. The standard InChI is InChI=1S/C10H12N5O7P/c11-10-13-7-4(8(17)14-10)12-2-15(7)9-6-5(3(1-16)20-9)21-23(18,19)22-6/h2-3,5-6,9,16H,1H2,(H,18,19)(H3,11,13,14,17)/t3-,5-,6-,9-/m1/s1. The molecule has 1 unspecified atom stereocenters. The maximum Gasteiger partial charge on any atom is 0.473 e. The molecule has 4 heterocycles. The molecule has 2 saturated heterocycles. The highest BCUT2D eigenvalue weighted by atomic mass is 31.2. The molecule has 2 aliphatic heterocycles. The van der Waals surface area contributed by atoms with Crippen molar-refractivity contribution in [1.29, 1.82) is 0 Å². The number of phosphoric acid groups is 1. The smallest absolute Gasteiger partial charge is 0.394 e. The normalized spacial score (nSPS) is 36.6. The van der Waals surface area contributed by atoms with Crippen LogP contribution in [0.15, 0.2) is 11.1 Å². The van der Waals surface area contributed by atoms with Crippen molar-refractivity contribution in [2.24, 2.45) is 0 Å². The minimum atomic E-state index is -4.23. The highest BCUT2D eigenvalue weighted by molar-refractivity contribution is 7.47. The molecule has 2 aromatic rings. The molecule has 13 heteroatoms. The summed E-state index contributed by atoms with van der Waals surface area (Å²) in [6, 6.07) is 0.